The third-order valence-corrected chi connectivity index (χ3v) is 4.20. The molecule has 1 aromatic carbocycles. The third-order valence-electron chi connectivity index (χ3n) is 4.20. The van der Waals surface area contributed by atoms with E-state index in [0.29, 0.717) is 19.0 Å². The van der Waals surface area contributed by atoms with Crippen molar-refractivity contribution in [3.8, 4) is 17.3 Å². The lowest BCUT2D eigenvalue weighted by Gasteiger charge is -2.12. The first-order valence-corrected chi connectivity index (χ1v) is 9.60. The van der Waals surface area contributed by atoms with Crippen LogP contribution in [-0.4, -0.2) is 39.7 Å². The zero-order valence-corrected chi connectivity index (χ0v) is 16.9. The molecule has 3 rings (SSSR count). The van der Waals surface area contributed by atoms with Gasteiger partial charge in [0, 0.05) is 12.2 Å². The lowest BCUT2D eigenvalue weighted by Crippen LogP contribution is -2.09. The van der Waals surface area contributed by atoms with Crippen LogP contribution in [-0.2, 0) is 6.42 Å². The van der Waals surface area contributed by atoms with Gasteiger partial charge in [0.1, 0.15) is 5.82 Å². The standard InChI is InChI=1S/C21H27N5O2/c1-5-27-18-8-7-17(14-19(18)28-6-2)11-12-22-20-9-10-21(24-23-20)26-16(4)13-15(3)25-26/h7-10,13-14H,5-6,11-12H2,1-4H3,(H,22,23). The van der Waals surface area contributed by atoms with Gasteiger partial charge in [-0.15, -0.1) is 10.2 Å². The fraction of sp³-hybridized carbons (Fsp3) is 0.381. The number of ether oxygens (including phenoxy) is 2. The minimum atomic E-state index is 0.610. The molecule has 2 aromatic heterocycles. The van der Waals surface area contributed by atoms with Gasteiger partial charge < -0.3 is 14.8 Å². The summed E-state index contributed by atoms with van der Waals surface area (Å²) in [5, 5.41) is 16.3. The number of nitrogens with one attached hydrogen (secondary N) is 1. The van der Waals surface area contributed by atoms with Crippen molar-refractivity contribution in [2.24, 2.45) is 0 Å². The van der Waals surface area contributed by atoms with Crippen molar-refractivity contribution < 1.29 is 9.47 Å². The van der Waals surface area contributed by atoms with Gasteiger partial charge >= 0.3 is 0 Å². The Hall–Kier alpha value is -3.09. The average molecular weight is 381 g/mol. The van der Waals surface area contributed by atoms with Crippen LogP contribution in [0, 0.1) is 13.8 Å². The van der Waals surface area contributed by atoms with Crippen molar-refractivity contribution >= 4 is 5.82 Å². The van der Waals surface area contributed by atoms with Crippen LogP contribution in [0.2, 0.25) is 0 Å². The zero-order chi connectivity index (χ0) is 19.9. The number of hydrogen-bond donors (Lipinski definition) is 1. The van der Waals surface area contributed by atoms with Gasteiger partial charge in [-0.1, -0.05) is 6.07 Å². The minimum absolute atomic E-state index is 0.610. The zero-order valence-electron chi connectivity index (χ0n) is 16.9. The molecule has 0 atom stereocenters. The predicted molar refractivity (Wildman–Crippen MR) is 110 cm³/mol. The molecule has 28 heavy (non-hydrogen) atoms. The molecule has 7 nitrogen and oxygen atoms in total. The third kappa shape index (κ3) is 4.79. The largest absolute Gasteiger partial charge is 0.490 e. The summed E-state index contributed by atoms with van der Waals surface area (Å²) in [5.41, 5.74) is 3.17. The van der Waals surface area contributed by atoms with Crippen molar-refractivity contribution in [2.75, 3.05) is 25.1 Å². The van der Waals surface area contributed by atoms with E-state index in [1.807, 2.05) is 58.0 Å². The maximum atomic E-state index is 5.69. The van der Waals surface area contributed by atoms with Gasteiger partial charge in [-0.3, -0.25) is 0 Å². The number of benzene rings is 1. The topological polar surface area (TPSA) is 74.1 Å². The van der Waals surface area contributed by atoms with Crippen LogP contribution in [0.3, 0.4) is 0 Å². The first kappa shape index (κ1) is 19.7. The molecule has 148 valence electrons. The van der Waals surface area contributed by atoms with Crippen LogP contribution in [0.25, 0.3) is 5.82 Å². The normalized spacial score (nSPS) is 10.7. The van der Waals surface area contributed by atoms with Gasteiger partial charge in [-0.2, -0.15) is 5.10 Å². The Labute approximate surface area is 165 Å². The minimum Gasteiger partial charge on any atom is -0.490 e. The van der Waals surface area contributed by atoms with Crippen molar-refractivity contribution in [3.05, 3.63) is 53.3 Å². The number of anilines is 1. The van der Waals surface area contributed by atoms with Gasteiger partial charge in [0.25, 0.3) is 0 Å². The van der Waals surface area contributed by atoms with E-state index >= 15 is 0 Å². The highest BCUT2D eigenvalue weighted by atomic mass is 16.5. The molecule has 0 aliphatic heterocycles. The molecule has 0 spiro atoms. The molecule has 0 saturated carbocycles. The molecule has 0 amide bonds. The molecule has 0 unspecified atom stereocenters. The first-order chi connectivity index (χ1) is 13.6. The van der Waals surface area contributed by atoms with Crippen LogP contribution in [0.5, 0.6) is 11.5 Å². The van der Waals surface area contributed by atoms with E-state index in [-0.39, 0.29) is 0 Å². The van der Waals surface area contributed by atoms with Gasteiger partial charge in [0.2, 0.25) is 0 Å². The molecular weight excluding hydrogens is 354 g/mol. The lowest BCUT2D eigenvalue weighted by molar-refractivity contribution is 0.287. The van der Waals surface area contributed by atoms with Gasteiger partial charge in [0.15, 0.2) is 17.3 Å². The SMILES string of the molecule is CCOc1ccc(CCNc2ccc(-n3nc(C)cc3C)nn2)cc1OCC. The summed E-state index contributed by atoms with van der Waals surface area (Å²) in [6.07, 6.45) is 0.841. The van der Waals surface area contributed by atoms with E-state index < -0.39 is 0 Å². The molecule has 0 aliphatic rings. The molecule has 3 aromatic rings. The highest BCUT2D eigenvalue weighted by Gasteiger charge is 2.07. The Morgan fingerprint density at radius 2 is 1.71 bits per heavy atom. The summed E-state index contributed by atoms with van der Waals surface area (Å²) in [6, 6.07) is 11.9. The van der Waals surface area contributed by atoms with Crippen LogP contribution >= 0.6 is 0 Å². The second-order valence-corrected chi connectivity index (χ2v) is 6.44. The number of aryl methyl sites for hydroxylation is 2. The molecular formula is C21H27N5O2. The van der Waals surface area contributed by atoms with E-state index in [4.69, 9.17) is 9.47 Å². The van der Waals surface area contributed by atoms with Crippen molar-refractivity contribution in [1.82, 2.24) is 20.0 Å². The Bertz CT molecular complexity index is 906. The molecule has 2 heterocycles. The monoisotopic (exact) mass is 381 g/mol. The first-order valence-electron chi connectivity index (χ1n) is 9.60. The highest BCUT2D eigenvalue weighted by molar-refractivity contribution is 5.43. The van der Waals surface area contributed by atoms with Gasteiger partial charge in [0.05, 0.1) is 18.9 Å². The Kier molecular flexibility index (Phi) is 6.47. The second-order valence-electron chi connectivity index (χ2n) is 6.44. The maximum Gasteiger partial charge on any atom is 0.176 e. The van der Waals surface area contributed by atoms with Crippen LogP contribution in [0.15, 0.2) is 36.4 Å². The fourth-order valence-corrected chi connectivity index (χ4v) is 2.98. The summed E-state index contributed by atoms with van der Waals surface area (Å²) < 4.78 is 13.1. The summed E-state index contributed by atoms with van der Waals surface area (Å²) in [7, 11) is 0. The quantitative estimate of drug-likeness (QED) is 0.609. The Morgan fingerprint density at radius 3 is 2.36 bits per heavy atom. The van der Waals surface area contributed by atoms with Crippen LogP contribution in [0.4, 0.5) is 5.82 Å². The van der Waals surface area contributed by atoms with E-state index in [9.17, 15) is 0 Å². The van der Waals surface area contributed by atoms with E-state index in [0.717, 1.165) is 41.7 Å². The van der Waals surface area contributed by atoms with E-state index in [1.54, 1.807) is 4.68 Å². The van der Waals surface area contributed by atoms with E-state index in [2.05, 4.69) is 26.7 Å². The summed E-state index contributed by atoms with van der Waals surface area (Å²) in [5.74, 6) is 3.02. The Balaban J connectivity index is 1.59. The highest BCUT2D eigenvalue weighted by Crippen LogP contribution is 2.28. The molecule has 0 aliphatic carbocycles. The summed E-state index contributed by atoms with van der Waals surface area (Å²) in [4.78, 5) is 0. The second kappa shape index (κ2) is 9.21. The van der Waals surface area contributed by atoms with Crippen molar-refractivity contribution in [2.45, 2.75) is 34.1 Å². The van der Waals surface area contributed by atoms with Gasteiger partial charge in [-0.25, -0.2) is 4.68 Å². The Morgan fingerprint density at radius 1 is 0.929 bits per heavy atom. The maximum absolute atomic E-state index is 5.69. The number of nitrogens with zero attached hydrogens (tertiary/aromatic N) is 4. The fourth-order valence-electron chi connectivity index (χ4n) is 2.98. The molecule has 0 saturated heterocycles. The number of hydrogen-bond acceptors (Lipinski definition) is 6. The number of aromatic nitrogens is 4. The average Bonchev–Trinajstić information content (AvgIpc) is 3.03. The molecule has 7 heteroatoms. The number of rotatable bonds is 9. The molecule has 0 fully saturated rings. The molecule has 1 N–H and O–H groups in total. The summed E-state index contributed by atoms with van der Waals surface area (Å²) >= 11 is 0. The molecule has 0 bridgehead atoms. The van der Waals surface area contributed by atoms with Crippen LogP contribution in [0.1, 0.15) is 30.8 Å². The lowest BCUT2D eigenvalue weighted by atomic mass is 10.1. The predicted octanol–water partition coefficient (Wildman–Crippen LogP) is 3.73. The van der Waals surface area contributed by atoms with Crippen molar-refractivity contribution in [1.29, 1.82) is 0 Å². The van der Waals surface area contributed by atoms with Crippen LogP contribution < -0.4 is 14.8 Å². The summed E-state index contributed by atoms with van der Waals surface area (Å²) in [6.45, 7) is 9.87. The van der Waals surface area contributed by atoms with Gasteiger partial charge in [-0.05, 0) is 70.0 Å². The van der Waals surface area contributed by atoms with Crippen molar-refractivity contribution in [3.63, 3.8) is 0 Å². The van der Waals surface area contributed by atoms with E-state index in [1.165, 1.54) is 5.56 Å². The molecule has 0 radical (unpaired) electrons. The smallest absolute Gasteiger partial charge is 0.176 e.